The van der Waals surface area contributed by atoms with E-state index in [2.05, 4.69) is 58.7 Å². The summed E-state index contributed by atoms with van der Waals surface area (Å²) in [4.78, 5) is 0. The number of ether oxygens (including phenoxy) is 1. The molecule has 1 aliphatic rings. The Kier molecular flexibility index (Phi) is 5.86. The van der Waals surface area contributed by atoms with Crippen LogP contribution in [0.15, 0.2) is 4.47 Å². The monoisotopic (exact) mass is 357 g/mol. The molecule has 0 saturated carbocycles. The standard InChI is InChI=1S/C16H28BrN3O/c1-5-20-14(15(17)13(4)19-20)9-16(10-18-12(2)3)7-6-8-21-11-16/h12,18H,5-11H2,1-4H3. The molecule has 0 aromatic carbocycles. The van der Waals surface area contributed by atoms with E-state index < -0.39 is 0 Å². The number of hydrogen-bond acceptors (Lipinski definition) is 3. The number of aryl methyl sites for hydroxylation is 2. The van der Waals surface area contributed by atoms with Gasteiger partial charge in [-0.05, 0) is 49.0 Å². The highest BCUT2D eigenvalue weighted by Crippen LogP contribution is 2.35. The normalized spacial score (nSPS) is 23.0. The van der Waals surface area contributed by atoms with Crippen LogP contribution in [0, 0.1) is 12.3 Å². The molecule has 1 unspecified atom stereocenters. The van der Waals surface area contributed by atoms with Gasteiger partial charge in [-0.3, -0.25) is 4.68 Å². The Hall–Kier alpha value is -0.390. The molecule has 0 aliphatic carbocycles. The van der Waals surface area contributed by atoms with Crippen molar-refractivity contribution in [1.82, 2.24) is 15.1 Å². The number of hydrogen-bond donors (Lipinski definition) is 1. The lowest BCUT2D eigenvalue weighted by Crippen LogP contribution is -2.45. The maximum atomic E-state index is 5.83. The van der Waals surface area contributed by atoms with Crippen molar-refractivity contribution in [2.75, 3.05) is 19.8 Å². The van der Waals surface area contributed by atoms with Gasteiger partial charge in [0, 0.05) is 31.2 Å². The second kappa shape index (κ2) is 7.25. The lowest BCUT2D eigenvalue weighted by Gasteiger charge is -2.38. The van der Waals surface area contributed by atoms with Crippen molar-refractivity contribution in [2.24, 2.45) is 5.41 Å². The van der Waals surface area contributed by atoms with Gasteiger partial charge in [-0.25, -0.2) is 0 Å². The van der Waals surface area contributed by atoms with E-state index >= 15 is 0 Å². The van der Waals surface area contributed by atoms with E-state index in [1.54, 1.807) is 0 Å². The van der Waals surface area contributed by atoms with Crippen LogP contribution in [-0.4, -0.2) is 35.6 Å². The van der Waals surface area contributed by atoms with Gasteiger partial charge >= 0.3 is 0 Å². The first-order valence-electron chi connectivity index (χ1n) is 8.00. The third-order valence-corrected chi connectivity index (χ3v) is 5.32. The van der Waals surface area contributed by atoms with E-state index in [4.69, 9.17) is 4.74 Å². The zero-order valence-electron chi connectivity index (χ0n) is 13.7. The fourth-order valence-corrected chi connectivity index (χ4v) is 3.49. The summed E-state index contributed by atoms with van der Waals surface area (Å²) in [7, 11) is 0. The van der Waals surface area contributed by atoms with Crippen LogP contribution >= 0.6 is 15.9 Å². The SMILES string of the molecule is CCn1nc(C)c(Br)c1CC1(CNC(C)C)CCCOC1. The highest BCUT2D eigenvalue weighted by Gasteiger charge is 2.35. The molecule has 0 spiro atoms. The lowest BCUT2D eigenvalue weighted by molar-refractivity contribution is -0.00908. The summed E-state index contributed by atoms with van der Waals surface area (Å²) in [6, 6.07) is 0.505. The van der Waals surface area contributed by atoms with Crippen LogP contribution < -0.4 is 5.32 Å². The van der Waals surface area contributed by atoms with Crippen LogP contribution in [-0.2, 0) is 17.7 Å². The number of aromatic nitrogens is 2. The summed E-state index contributed by atoms with van der Waals surface area (Å²) in [5.74, 6) is 0. The molecule has 1 aliphatic heterocycles. The first-order valence-corrected chi connectivity index (χ1v) is 8.79. The van der Waals surface area contributed by atoms with Crippen LogP contribution in [0.2, 0.25) is 0 Å². The second-order valence-corrected chi connectivity index (χ2v) is 7.32. The van der Waals surface area contributed by atoms with Crippen LogP contribution in [0.4, 0.5) is 0 Å². The molecule has 5 heteroatoms. The van der Waals surface area contributed by atoms with Gasteiger partial charge in [-0.15, -0.1) is 0 Å². The summed E-state index contributed by atoms with van der Waals surface area (Å²) in [6.45, 7) is 12.3. The largest absolute Gasteiger partial charge is 0.381 e. The fraction of sp³-hybridized carbons (Fsp3) is 0.812. The first-order chi connectivity index (χ1) is 9.97. The van der Waals surface area contributed by atoms with Gasteiger partial charge in [0.25, 0.3) is 0 Å². The number of nitrogens with zero attached hydrogens (tertiary/aromatic N) is 2. The van der Waals surface area contributed by atoms with Gasteiger partial charge in [-0.2, -0.15) is 5.10 Å². The molecule has 4 nitrogen and oxygen atoms in total. The summed E-state index contributed by atoms with van der Waals surface area (Å²) < 4.78 is 9.12. The van der Waals surface area contributed by atoms with Gasteiger partial charge < -0.3 is 10.1 Å². The van der Waals surface area contributed by atoms with Gasteiger partial charge in [0.1, 0.15) is 0 Å². The summed E-state index contributed by atoms with van der Waals surface area (Å²) in [6.07, 6.45) is 3.38. The zero-order chi connectivity index (χ0) is 15.5. The molecule has 0 bridgehead atoms. The minimum atomic E-state index is 0.185. The molecule has 1 N–H and O–H groups in total. The number of halogens is 1. The lowest BCUT2D eigenvalue weighted by atomic mass is 9.78. The summed E-state index contributed by atoms with van der Waals surface area (Å²) in [5.41, 5.74) is 2.58. The molecule has 1 saturated heterocycles. The molecule has 2 rings (SSSR count). The van der Waals surface area contributed by atoms with Crippen molar-refractivity contribution >= 4 is 15.9 Å². The maximum absolute atomic E-state index is 5.83. The predicted molar refractivity (Wildman–Crippen MR) is 89.7 cm³/mol. The van der Waals surface area contributed by atoms with Gasteiger partial charge in [-0.1, -0.05) is 13.8 Å². The minimum absolute atomic E-state index is 0.185. The Balaban J connectivity index is 2.22. The zero-order valence-corrected chi connectivity index (χ0v) is 15.3. The smallest absolute Gasteiger partial charge is 0.0738 e. The molecule has 1 atom stereocenters. The Labute approximate surface area is 136 Å². The van der Waals surface area contributed by atoms with Crippen molar-refractivity contribution in [3.63, 3.8) is 0 Å². The highest BCUT2D eigenvalue weighted by molar-refractivity contribution is 9.10. The Morgan fingerprint density at radius 3 is 2.81 bits per heavy atom. The molecule has 1 aromatic heterocycles. The average Bonchev–Trinajstić information content (AvgIpc) is 2.74. The molecule has 2 heterocycles. The quantitative estimate of drug-likeness (QED) is 0.848. The molecular weight excluding hydrogens is 330 g/mol. The summed E-state index contributed by atoms with van der Waals surface area (Å²) >= 11 is 3.73. The number of rotatable bonds is 6. The first kappa shape index (κ1) is 17.0. The van der Waals surface area contributed by atoms with Gasteiger partial charge in [0.15, 0.2) is 0 Å². The van der Waals surface area contributed by atoms with E-state index in [-0.39, 0.29) is 5.41 Å². The Morgan fingerprint density at radius 2 is 2.24 bits per heavy atom. The molecule has 0 radical (unpaired) electrons. The summed E-state index contributed by atoms with van der Waals surface area (Å²) in [5, 5.41) is 8.24. The topological polar surface area (TPSA) is 39.1 Å². The van der Waals surface area contributed by atoms with Crippen molar-refractivity contribution in [1.29, 1.82) is 0 Å². The molecule has 21 heavy (non-hydrogen) atoms. The van der Waals surface area contributed by atoms with Crippen LogP contribution in [0.5, 0.6) is 0 Å². The van der Waals surface area contributed by atoms with E-state index in [1.165, 1.54) is 16.6 Å². The Bertz CT molecular complexity index is 464. The fourth-order valence-electron chi connectivity index (χ4n) is 3.07. The number of nitrogens with one attached hydrogen (secondary N) is 1. The Morgan fingerprint density at radius 1 is 1.48 bits per heavy atom. The van der Waals surface area contributed by atoms with E-state index in [0.29, 0.717) is 6.04 Å². The van der Waals surface area contributed by atoms with E-state index in [1.807, 2.05) is 0 Å². The van der Waals surface area contributed by atoms with Gasteiger partial charge in [0.05, 0.1) is 22.5 Å². The van der Waals surface area contributed by atoms with Crippen LogP contribution in [0.3, 0.4) is 0 Å². The third kappa shape index (κ3) is 4.08. The van der Waals surface area contributed by atoms with Crippen molar-refractivity contribution < 1.29 is 4.74 Å². The molecular formula is C16H28BrN3O. The second-order valence-electron chi connectivity index (χ2n) is 6.53. The molecule has 0 amide bonds. The van der Waals surface area contributed by atoms with Crippen LogP contribution in [0.25, 0.3) is 0 Å². The average molecular weight is 358 g/mol. The molecule has 120 valence electrons. The maximum Gasteiger partial charge on any atom is 0.0738 e. The van der Waals surface area contributed by atoms with Crippen LogP contribution in [0.1, 0.15) is 45.0 Å². The molecule has 1 aromatic rings. The third-order valence-electron chi connectivity index (χ3n) is 4.28. The van der Waals surface area contributed by atoms with Crippen molar-refractivity contribution in [3.05, 3.63) is 15.9 Å². The van der Waals surface area contributed by atoms with Gasteiger partial charge in [0.2, 0.25) is 0 Å². The van der Waals surface area contributed by atoms with E-state index in [9.17, 15) is 0 Å². The molecule has 1 fully saturated rings. The predicted octanol–water partition coefficient (Wildman–Crippen LogP) is 3.31. The van der Waals surface area contributed by atoms with Crippen molar-refractivity contribution in [3.8, 4) is 0 Å². The van der Waals surface area contributed by atoms with Crippen molar-refractivity contribution in [2.45, 2.75) is 59.5 Å². The minimum Gasteiger partial charge on any atom is -0.381 e. The highest BCUT2D eigenvalue weighted by atomic mass is 79.9. The van der Waals surface area contributed by atoms with E-state index in [0.717, 1.165) is 44.8 Å².